The van der Waals surface area contributed by atoms with Crippen molar-refractivity contribution in [2.75, 3.05) is 7.11 Å². The molecule has 0 unspecified atom stereocenters. The van der Waals surface area contributed by atoms with Crippen LogP contribution in [0, 0.1) is 0 Å². The number of halogens is 3. The minimum absolute atomic E-state index is 0.0916. The summed E-state index contributed by atoms with van der Waals surface area (Å²) in [5.74, 6) is -0.678. The summed E-state index contributed by atoms with van der Waals surface area (Å²) >= 11 is 5.93. The molecule has 0 radical (unpaired) electrons. The van der Waals surface area contributed by atoms with Gasteiger partial charge in [-0.3, -0.25) is 14.3 Å². The summed E-state index contributed by atoms with van der Waals surface area (Å²) in [6.07, 6.45) is -1.59. The van der Waals surface area contributed by atoms with E-state index >= 15 is 0 Å². The highest BCUT2D eigenvalue weighted by Gasteiger charge is 2.26. The third-order valence-corrected chi connectivity index (χ3v) is 4.42. The SMILES string of the molecule is CON(Cc1cccc(-c2ccc(Cl)cc2)c1)C(=O)c1cn(C)nc1C(F)F. The van der Waals surface area contributed by atoms with Crippen molar-refractivity contribution in [3.05, 3.63) is 76.6 Å². The van der Waals surface area contributed by atoms with Gasteiger partial charge in [0.2, 0.25) is 0 Å². The minimum atomic E-state index is -2.85. The third kappa shape index (κ3) is 4.37. The summed E-state index contributed by atoms with van der Waals surface area (Å²) in [6, 6.07) is 14.9. The van der Waals surface area contributed by atoms with Crippen molar-refractivity contribution in [2.45, 2.75) is 13.0 Å². The molecule has 5 nitrogen and oxygen atoms in total. The van der Waals surface area contributed by atoms with Gasteiger partial charge in [0.25, 0.3) is 12.3 Å². The summed E-state index contributed by atoms with van der Waals surface area (Å²) in [6.45, 7) is 0.0916. The first kappa shape index (κ1) is 20.0. The molecule has 0 aliphatic rings. The highest BCUT2D eigenvalue weighted by molar-refractivity contribution is 6.30. The number of amides is 1. The van der Waals surface area contributed by atoms with Crippen molar-refractivity contribution in [1.82, 2.24) is 14.8 Å². The Morgan fingerprint density at radius 2 is 1.93 bits per heavy atom. The second kappa shape index (κ2) is 8.50. The summed E-state index contributed by atoms with van der Waals surface area (Å²) in [4.78, 5) is 17.9. The Kier molecular flexibility index (Phi) is 6.06. The third-order valence-electron chi connectivity index (χ3n) is 4.17. The Balaban J connectivity index is 1.84. The Hall–Kier alpha value is -2.77. The van der Waals surface area contributed by atoms with Gasteiger partial charge in [-0.1, -0.05) is 41.9 Å². The van der Waals surface area contributed by atoms with Crippen LogP contribution in [0.4, 0.5) is 8.78 Å². The van der Waals surface area contributed by atoms with Crippen LogP contribution in [0.1, 0.15) is 28.0 Å². The first-order valence-electron chi connectivity index (χ1n) is 8.41. The van der Waals surface area contributed by atoms with Crippen LogP contribution in [0.3, 0.4) is 0 Å². The molecular formula is C20H18ClF2N3O2. The number of carbonyl (C=O) groups excluding carboxylic acids is 1. The fourth-order valence-corrected chi connectivity index (χ4v) is 2.97. The molecule has 0 saturated heterocycles. The van der Waals surface area contributed by atoms with Gasteiger partial charge in [0.15, 0.2) is 0 Å². The number of hydrogen-bond donors (Lipinski definition) is 0. The molecule has 146 valence electrons. The van der Waals surface area contributed by atoms with Gasteiger partial charge in [0.1, 0.15) is 5.69 Å². The van der Waals surface area contributed by atoms with Crippen molar-refractivity contribution in [1.29, 1.82) is 0 Å². The van der Waals surface area contributed by atoms with E-state index in [9.17, 15) is 13.6 Å². The van der Waals surface area contributed by atoms with Gasteiger partial charge >= 0.3 is 0 Å². The van der Waals surface area contributed by atoms with E-state index < -0.39 is 18.0 Å². The van der Waals surface area contributed by atoms with E-state index in [1.165, 1.54) is 25.0 Å². The number of aryl methyl sites for hydroxylation is 1. The van der Waals surface area contributed by atoms with Gasteiger partial charge in [0.05, 0.1) is 19.2 Å². The van der Waals surface area contributed by atoms with Crippen LogP contribution in [0.2, 0.25) is 5.02 Å². The van der Waals surface area contributed by atoms with Crippen molar-refractivity contribution in [3.8, 4) is 11.1 Å². The van der Waals surface area contributed by atoms with Gasteiger partial charge < -0.3 is 0 Å². The maximum atomic E-state index is 13.2. The lowest BCUT2D eigenvalue weighted by Crippen LogP contribution is -2.30. The zero-order chi connectivity index (χ0) is 20.3. The molecule has 1 aromatic heterocycles. The summed E-state index contributed by atoms with van der Waals surface area (Å²) in [5.41, 5.74) is 1.93. The molecule has 0 fully saturated rings. The first-order valence-corrected chi connectivity index (χ1v) is 8.79. The quantitative estimate of drug-likeness (QED) is 0.549. The zero-order valence-electron chi connectivity index (χ0n) is 15.3. The molecule has 1 heterocycles. The van der Waals surface area contributed by atoms with Crippen LogP contribution in [-0.4, -0.2) is 27.9 Å². The molecule has 1 amide bonds. The van der Waals surface area contributed by atoms with E-state index in [1.807, 2.05) is 36.4 Å². The molecule has 2 aromatic carbocycles. The van der Waals surface area contributed by atoms with E-state index in [0.717, 1.165) is 21.8 Å². The number of hydroxylamine groups is 2. The number of hydrogen-bond acceptors (Lipinski definition) is 3. The molecule has 0 saturated carbocycles. The van der Waals surface area contributed by atoms with Gasteiger partial charge in [-0.05, 0) is 34.9 Å². The monoisotopic (exact) mass is 405 g/mol. The molecule has 0 atom stereocenters. The standard InChI is InChI=1S/C20H18ClF2N3O2/c1-25-12-17(18(24-25)19(22)23)20(27)26(28-2)11-13-4-3-5-15(10-13)14-6-8-16(21)9-7-14/h3-10,12,19H,11H2,1-2H3. The Bertz CT molecular complexity index is 974. The zero-order valence-corrected chi connectivity index (χ0v) is 16.0. The topological polar surface area (TPSA) is 47.4 Å². The normalized spacial score (nSPS) is 11.1. The molecule has 0 spiro atoms. The molecule has 3 rings (SSSR count). The lowest BCUT2D eigenvalue weighted by Gasteiger charge is -2.20. The summed E-state index contributed by atoms with van der Waals surface area (Å²) in [7, 11) is 2.80. The van der Waals surface area contributed by atoms with Crippen molar-refractivity contribution in [3.63, 3.8) is 0 Å². The summed E-state index contributed by atoms with van der Waals surface area (Å²) < 4.78 is 27.5. The Morgan fingerprint density at radius 3 is 2.57 bits per heavy atom. The fourth-order valence-electron chi connectivity index (χ4n) is 2.84. The van der Waals surface area contributed by atoms with Gasteiger partial charge in [-0.15, -0.1) is 0 Å². The summed E-state index contributed by atoms with van der Waals surface area (Å²) in [5, 5.41) is 5.34. The average molecular weight is 406 g/mol. The fraction of sp³-hybridized carbons (Fsp3) is 0.200. The second-order valence-electron chi connectivity index (χ2n) is 6.13. The first-order chi connectivity index (χ1) is 13.4. The number of rotatable bonds is 6. The smallest absolute Gasteiger partial charge is 0.275 e. The van der Waals surface area contributed by atoms with Gasteiger partial charge in [0, 0.05) is 18.3 Å². The van der Waals surface area contributed by atoms with Crippen LogP contribution >= 0.6 is 11.6 Å². The molecule has 0 bridgehead atoms. The van der Waals surface area contributed by atoms with Crippen LogP contribution in [0.25, 0.3) is 11.1 Å². The maximum Gasteiger partial charge on any atom is 0.282 e. The van der Waals surface area contributed by atoms with E-state index in [1.54, 1.807) is 12.1 Å². The number of alkyl halides is 2. The maximum absolute atomic E-state index is 13.2. The van der Waals surface area contributed by atoms with Crippen molar-refractivity contribution < 1.29 is 18.4 Å². The average Bonchev–Trinajstić information content (AvgIpc) is 3.08. The van der Waals surface area contributed by atoms with Crippen LogP contribution in [-0.2, 0) is 18.4 Å². The van der Waals surface area contributed by atoms with E-state index in [2.05, 4.69) is 5.10 Å². The van der Waals surface area contributed by atoms with Crippen LogP contribution < -0.4 is 0 Å². The van der Waals surface area contributed by atoms with Crippen LogP contribution in [0.15, 0.2) is 54.7 Å². The lowest BCUT2D eigenvalue weighted by molar-refractivity contribution is -0.102. The molecule has 0 N–H and O–H groups in total. The van der Waals surface area contributed by atoms with Crippen molar-refractivity contribution in [2.24, 2.45) is 7.05 Å². The molecule has 0 aliphatic carbocycles. The predicted molar refractivity (Wildman–Crippen MR) is 102 cm³/mol. The number of benzene rings is 2. The van der Waals surface area contributed by atoms with Gasteiger partial charge in [-0.2, -0.15) is 5.10 Å². The molecule has 8 heteroatoms. The largest absolute Gasteiger partial charge is 0.282 e. The van der Waals surface area contributed by atoms with E-state index in [4.69, 9.17) is 16.4 Å². The highest BCUT2D eigenvalue weighted by atomic mass is 35.5. The van der Waals surface area contributed by atoms with E-state index in [-0.39, 0.29) is 12.1 Å². The highest BCUT2D eigenvalue weighted by Crippen LogP contribution is 2.25. The molecular weight excluding hydrogens is 388 g/mol. The Labute approximate surface area is 166 Å². The second-order valence-corrected chi connectivity index (χ2v) is 6.57. The molecule has 28 heavy (non-hydrogen) atoms. The van der Waals surface area contributed by atoms with E-state index in [0.29, 0.717) is 5.02 Å². The van der Waals surface area contributed by atoms with Crippen LogP contribution in [0.5, 0.6) is 0 Å². The number of carbonyl (C=O) groups is 1. The van der Waals surface area contributed by atoms with Crippen molar-refractivity contribution >= 4 is 17.5 Å². The Morgan fingerprint density at radius 1 is 1.21 bits per heavy atom. The number of aromatic nitrogens is 2. The minimum Gasteiger partial charge on any atom is -0.275 e. The lowest BCUT2D eigenvalue weighted by atomic mass is 10.0. The molecule has 0 aliphatic heterocycles. The van der Waals surface area contributed by atoms with Gasteiger partial charge in [-0.25, -0.2) is 13.8 Å². The molecule has 3 aromatic rings. The number of nitrogens with zero attached hydrogens (tertiary/aromatic N) is 3. The predicted octanol–water partition coefficient (Wildman–Crippen LogP) is 4.88.